The number of fused-ring (bicyclic) bond motifs is 1. The number of hydrogen-bond donors (Lipinski definition) is 3. The predicted molar refractivity (Wildman–Crippen MR) is 107 cm³/mol. The molecule has 134 valence electrons. The largest absolute Gasteiger partial charge is 0.355 e. The van der Waals surface area contributed by atoms with Gasteiger partial charge < -0.3 is 15.2 Å². The van der Waals surface area contributed by atoms with Gasteiger partial charge in [0.1, 0.15) is 5.69 Å². The van der Waals surface area contributed by atoms with E-state index >= 15 is 0 Å². The fourth-order valence-electron chi connectivity index (χ4n) is 3.69. The molecule has 1 saturated heterocycles. The van der Waals surface area contributed by atoms with Gasteiger partial charge in [0.15, 0.2) is 5.82 Å². The van der Waals surface area contributed by atoms with Crippen LogP contribution in [-0.4, -0.2) is 22.5 Å². The van der Waals surface area contributed by atoms with Crippen LogP contribution in [0.3, 0.4) is 0 Å². The van der Waals surface area contributed by atoms with Crippen molar-refractivity contribution >= 4 is 40.4 Å². The van der Waals surface area contributed by atoms with Crippen LogP contribution >= 0.6 is 23.8 Å². The fraction of sp³-hybridized carbons (Fsp3) is 0.316. The van der Waals surface area contributed by atoms with Gasteiger partial charge in [-0.3, -0.25) is 10.1 Å². The zero-order valence-corrected chi connectivity index (χ0v) is 15.7. The summed E-state index contributed by atoms with van der Waals surface area (Å²) in [4.78, 5) is 17.1. The first-order chi connectivity index (χ1) is 12.7. The summed E-state index contributed by atoms with van der Waals surface area (Å²) in [5.41, 5.74) is 3.69. The van der Waals surface area contributed by atoms with Gasteiger partial charge >= 0.3 is 0 Å². The first-order valence-corrected chi connectivity index (χ1v) is 9.49. The van der Waals surface area contributed by atoms with Crippen LogP contribution in [0.5, 0.6) is 0 Å². The maximum absolute atomic E-state index is 12.2. The molecule has 1 fully saturated rings. The van der Waals surface area contributed by atoms with Gasteiger partial charge in [-0.1, -0.05) is 24.1 Å². The average Bonchev–Trinajstić information content (AvgIpc) is 3.16. The number of halogens is 1. The number of thiocarbonyl (C=S) groups is 1. The number of benzene rings is 1. The van der Waals surface area contributed by atoms with E-state index in [2.05, 4.69) is 26.7 Å². The Balaban J connectivity index is 1.72. The molecular formula is C19H19ClN4OS. The number of H-pyrrole nitrogens is 1. The molecule has 1 atom stereocenters. The Kier molecular flexibility index (Phi) is 4.83. The summed E-state index contributed by atoms with van der Waals surface area (Å²) in [6.45, 7) is 1.60. The second kappa shape index (κ2) is 7.25. The maximum Gasteiger partial charge on any atom is 0.275 e. The molecule has 0 aliphatic carbocycles. The van der Waals surface area contributed by atoms with Crippen LogP contribution in [0.1, 0.15) is 46.9 Å². The number of carbonyl (C=O) groups excluding carboxylic acids is 1. The Morgan fingerprint density at radius 2 is 2.19 bits per heavy atom. The molecule has 1 aromatic heterocycles. The van der Waals surface area contributed by atoms with Crippen LogP contribution in [0.2, 0.25) is 5.02 Å². The van der Waals surface area contributed by atoms with Gasteiger partial charge in [-0.2, -0.15) is 0 Å². The number of carbonyl (C=O) groups is 1. The highest BCUT2D eigenvalue weighted by atomic mass is 35.5. The lowest BCUT2D eigenvalue weighted by molar-refractivity contribution is 0.0957. The second-order valence-electron chi connectivity index (χ2n) is 6.57. The fourth-order valence-corrected chi connectivity index (χ4v) is 4.03. The molecule has 2 aliphatic heterocycles. The van der Waals surface area contributed by atoms with Crippen molar-refractivity contribution in [1.29, 1.82) is 0 Å². The van der Waals surface area contributed by atoms with Crippen molar-refractivity contribution in [3.05, 3.63) is 58.1 Å². The van der Waals surface area contributed by atoms with Gasteiger partial charge in [-0.25, -0.2) is 0 Å². The van der Waals surface area contributed by atoms with E-state index in [1.807, 2.05) is 23.1 Å². The highest BCUT2D eigenvalue weighted by Crippen LogP contribution is 2.33. The minimum Gasteiger partial charge on any atom is -0.355 e. The zero-order valence-electron chi connectivity index (χ0n) is 14.1. The van der Waals surface area contributed by atoms with E-state index in [1.165, 1.54) is 18.4 Å². The number of nitrogens with one attached hydrogen (secondary N) is 3. The van der Waals surface area contributed by atoms with Crippen molar-refractivity contribution in [2.45, 2.75) is 31.8 Å². The Bertz CT molecular complexity index is 897. The highest BCUT2D eigenvalue weighted by Gasteiger charge is 2.29. The van der Waals surface area contributed by atoms with E-state index in [1.54, 1.807) is 6.20 Å². The van der Waals surface area contributed by atoms with Gasteiger partial charge in [0.25, 0.3) is 5.91 Å². The highest BCUT2D eigenvalue weighted by molar-refractivity contribution is 7.78. The molecule has 0 radical (unpaired) electrons. The molecule has 1 unspecified atom stereocenters. The Hall–Kier alpha value is -2.11. The summed E-state index contributed by atoms with van der Waals surface area (Å²) in [5, 5.41) is 9.81. The van der Waals surface area contributed by atoms with E-state index in [4.69, 9.17) is 23.8 Å². The van der Waals surface area contributed by atoms with Gasteiger partial charge in [0.05, 0.1) is 12.2 Å². The number of nitrogens with zero attached hydrogens (tertiary/aromatic N) is 1. The van der Waals surface area contributed by atoms with Crippen molar-refractivity contribution < 1.29 is 4.79 Å². The minimum atomic E-state index is -0.195. The third kappa shape index (κ3) is 3.17. The standard InChI is InChI=1S/C19H19ClN4OS/c20-13-5-4-12(14(9-13)15-3-1-2-7-21-15)10-24-16-6-8-22-18(16)19(25)23-17(24)11-26/h4-6,8-9,15,21-22H,1-3,7,10H2,(H,23,25). The summed E-state index contributed by atoms with van der Waals surface area (Å²) >= 11 is 11.3. The van der Waals surface area contributed by atoms with Crippen LogP contribution < -0.4 is 15.5 Å². The van der Waals surface area contributed by atoms with Crippen LogP contribution in [0.25, 0.3) is 0 Å². The second-order valence-corrected chi connectivity index (χ2v) is 7.22. The number of aromatic nitrogens is 1. The van der Waals surface area contributed by atoms with Gasteiger partial charge in [0, 0.05) is 17.3 Å². The third-order valence-electron chi connectivity index (χ3n) is 4.96. The Morgan fingerprint density at radius 3 is 2.96 bits per heavy atom. The number of rotatable bonds is 3. The topological polar surface area (TPSA) is 60.2 Å². The zero-order chi connectivity index (χ0) is 18.1. The number of anilines is 1. The molecule has 2 aromatic rings. The maximum atomic E-state index is 12.2. The van der Waals surface area contributed by atoms with E-state index < -0.39 is 0 Å². The number of amides is 1. The van der Waals surface area contributed by atoms with Gasteiger partial charge in [-0.05, 0) is 66.0 Å². The van der Waals surface area contributed by atoms with E-state index in [-0.39, 0.29) is 5.91 Å². The molecule has 26 heavy (non-hydrogen) atoms. The number of piperidine rings is 1. The lowest BCUT2D eigenvalue weighted by Gasteiger charge is -2.32. The van der Waals surface area contributed by atoms with Crippen molar-refractivity contribution in [3.8, 4) is 0 Å². The minimum absolute atomic E-state index is 0.195. The molecule has 1 amide bonds. The molecule has 7 heteroatoms. The summed E-state index contributed by atoms with van der Waals surface area (Å²) < 4.78 is 0. The first-order valence-electron chi connectivity index (χ1n) is 8.70. The summed E-state index contributed by atoms with van der Waals surface area (Å²) in [7, 11) is 0. The first kappa shape index (κ1) is 17.3. The van der Waals surface area contributed by atoms with Crippen molar-refractivity contribution in [3.63, 3.8) is 0 Å². The molecule has 3 N–H and O–H groups in total. The van der Waals surface area contributed by atoms with Crippen LogP contribution in [0, 0.1) is 0 Å². The molecule has 5 nitrogen and oxygen atoms in total. The van der Waals surface area contributed by atoms with Crippen molar-refractivity contribution in [2.24, 2.45) is 0 Å². The van der Waals surface area contributed by atoms with Crippen LogP contribution in [0.4, 0.5) is 5.69 Å². The average molecular weight is 387 g/mol. The molecule has 1 aromatic carbocycles. The lowest BCUT2D eigenvalue weighted by Crippen LogP contribution is -2.41. The number of hydrogen-bond acceptors (Lipinski definition) is 4. The molecule has 0 spiro atoms. The van der Waals surface area contributed by atoms with Gasteiger partial charge in [-0.15, -0.1) is 0 Å². The lowest BCUT2D eigenvalue weighted by atomic mass is 9.93. The summed E-state index contributed by atoms with van der Waals surface area (Å²) in [6, 6.07) is 8.18. The van der Waals surface area contributed by atoms with E-state index in [9.17, 15) is 4.79 Å². The molecule has 2 aliphatic rings. The van der Waals surface area contributed by atoms with Crippen LogP contribution in [0.15, 0.2) is 36.3 Å². The van der Waals surface area contributed by atoms with Crippen molar-refractivity contribution in [2.75, 3.05) is 11.4 Å². The summed E-state index contributed by atoms with van der Waals surface area (Å²) in [5.74, 6) is 0.300. The van der Waals surface area contributed by atoms with E-state index in [0.717, 1.165) is 29.2 Å². The molecule has 0 saturated carbocycles. The number of aromatic amines is 1. The summed E-state index contributed by atoms with van der Waals surface area (Å²) in [6.07, 6.45) is 5.26. The smallest absolute Gasteiger partial charge is 0.275 e. The van der Waals surface area contributed by atoms with Crippen LogP contribution in [-0.2, 0) is 6.54 Å². The Morgan fingerprint density at radius 1 is 1.31 bits per heavy atom. The normalized spacial score (nSPS) is 19.7. The monoisotopic (exact) mass is 386 g/mol. The Labute approximate surface area is 162 Å². The van der Waals surface area contributed by atoms with Gasteiger partial charge in [0.2, 0.25) is 0 Å². The molecule has 3 heterocycles. The van der Waals surface area contributed by atoms with Crippen molar-refractivity contribution in [1.82, 2.24) is 15.6 Å². The third-order valence-corrected chi connectivity index (χ3v) is 5.39. The molecule has 4 rings (SSSR count). The molecule has 0 bridgehead atoms. The van der Waals surface area contributed by atoms with E-state index in [0.29, 0.717) is 24.1 Å². The molecular weight excluding hydrogens is 368 g/mol. The SMILES string of the molecule is O=C1NC(=C=S)N(Cc2ccc(Cl)cc2C2CCCCN2)c2cc[nH]c21. The quantitative estimate of drug-likeness (QED) is 0.704. The predicted octanol–water partition coefficient (Wildman–Crippen LogP) is 3.67.